The Morgan fingerprint density at radius 1 is 1.32 bits per heavy atom. The number of aliphatic imine (C=N–C) groups is 1. The number of likely N-dealkylation sites (tertiary alicyclic amines) is 1. The minimum Gasteiger partial charge on any atom is -0.342 e. The standard InChI is InChI=1S/C17H21N3OS/c1-12-14-8-4-5-9-15(14)18-17(19(12)3)22-13(2)16(21)20-10-6-7-11-20/h4-5,8-9,13H,1,6-7,10-11H2,2-3H3. The van der Waals surface area contributed by atoms with Crippen molar-refractivity contribution in [1.29, 1.82) is 0 Å². The van der Waals surface area contributed by atoms with E-state index in [1.54, 1.807) is 0 Å². The molecule has 3 rings (SSSR count). The molecule has 1 amide bonds. The second-order valence-electron chi connectivity index (χ2n) is 5.71. The number of amides is 1. The van der Waals surface area contributed by atoms with Crippen LogP contribution in [0.4, 0.5) is 5.69 Å². The predicted molar refractivity (Wildman–Crippen MR) is 93.2 cm³/mol. The molecule has 1 saturated heterocycles. The first kappa shape index (κ1) is 15.2. The van der Waals surface area contributed by atoms with Gasteiger partial charge in [-0.25, -0.2) is 4.99 Å². The van der Waals surface area contributed by atoms with Crippen LogP contribution in [-0.2, 0) is 4.79 Å². The third kappa shape index (κ3) is 2.77. The van der Waals surface area contributed by atoms with Crippen LogP contribution in [0.15, 0.2) is 35.8 Å². The Morgan fingerprint density at radius 2 is 2.00 bits per heavy atom. The first-order valence-electron chi connectivity index (χ1n) is 7.64. The van der Waals surface area contributed by atoms with E-state index in [0.29, 0.717) is 0 Å². The van der Waals surface area contributed by atoms with Gasteiger partial charge in [0, 0.05) is 31.4 Å². The zero-order chi connectivity index (χ0) is 15.7. The summed E-state index contributed by atoms with van der Waals surface area (Å²) in [7, 11) is 1.96. The Labute approximate surface area is 135 Å². The summed E-state index contributed by atoms with van der Waals surface area (Å²) in [5, 5.41) is 0.709. The lowest BCUT2D eigenvalue weighted by Crippen LogP contribution is -2.36. The Hall–Kier alpha value is -1.75. The fourth-order valence-corrected chi connectivity index (χ4v) is 3.78. The fourth-order valence-electron chi connectivity index (χ4n) is 2.80. The highest BCUT2D eigenvalue weighted by Gasteiger charge is 2.28. The summed E-state index contributed by atoms with van der Waals surface area (Å²) in [6.45, 7) is 7.90. The van der Waals surface area contributed by atoms with Crippen molar-refractivity contribution in [3.05, 3.63) is 36.4 Å². The maximum Gasteiger partial charge on any atom is 0.235 e. The molecule has 1 aromatic carbocycles. The van der Waals surface area contributed by atoms with Crippen molar-refractivity contribution >= 4 is 34.2 Å². The van der Waals surface area contributed by atoms with Crippen molar-refractivity contribution in [2.24, 2.45) is 4.99 Å². The average molecular weight is 315 g/mol. The molecule has 2 aliphatic rings. The van der Waals surface area contributed by atoms with Crippen LogP contribution in [0.25, 0.3) is 5.70 Å². The molecule has 0 radical (unpaired) electrons. The highest BCUT2D eigenvalue weighted by molar-refractivity contribution is 8.14. The lowest BCUT2D eigenvalue weighted by molar-refractivity contribution is -0.129. The summed E-state index contributed by atoms with van der Waals surface area (Å²) < 4.78 is 0. The van der Waals surface area contributed by atoms with Gasteiger partial charge in [0.25, 0.3) is 0 Å². The molecule has 0 bridgehead atoms. The second-order valence-corrected chi connectivity index (χ2v) is 7.02. The summed E-state index contributed by atoms with van der Waals surface area (Å²) >= 11 is 1.51. The average Bonchev–Trinajstić information content (AvgIpc) is 3.06. The molecular formula is C17H21N3OS. The summed E-state index contributed by atoms with van der Waals surface area (Å²) in [6.07, 6.45) is 2.24. The Morgan fingerprint density at radius 3 is 2.73 bits per heavy atom. The van der Waals surface area contributed by atoms with Crippen LogP contribution in [0.2, 0.25) is 0 Å². The van der Waals surface area contributed by atoms with Gasteiger partial charge in [0.15, 0.2) is 5.17 Å². The minimum atomic E-state index is -0.127. The summed E-state index contributed by atoms with van der Waals surface area (Å²) in [5.74, 6) is 0.211. The molecule has 1 fully saturated rings. The van der Waals surface area contributed by atoms with Gasteiger partial charge in [0.05, 0.1) is 10.9 Å². The molecule has 0 saturated carbocycles. The quantitative estimate of drug-likeness (QED) is 0.840. The first-order valence-corrected chi connectivity index (χ1v) is 8.52. The van der Waals surface area contributed by atoms with Crippen LogP contribution < -0.4 is 0 Å². The van der Waals surface area contributed by atoms with Gasteiger partial charge in [-0.3, -0.25) is 4.79 Å². The highest BCUT2D eigenvalue weighted by atomic mass is 32.2. The number of nitrogens with zero attached hydrogens (tertiary/aromatic N) is 3. The number of hydrogen-bond acceptors (Lipinski definition) is 4. The van der Waals surface area contributed by atoms with Gasteiger partial charge in [-0.2, -0.15) is 0 Å². The van der Waals surface area contributed by atoms with Crippen molar-refractivity contribution in [2.75, 3.05) is 20.1 Å². The molecule has 1 atom stereocenters. The van der Waals surface area contributed by atoms with Crippen LogP contribution in [-0.4, -0.2) is 46.3 Å². The third-order valence-electron chi connectivity index (χ3n) is 4.17. The van der Waals surface area contributed by atoms with E-state index in [0.717, 1.165) is 48.0 Å². The molecule has 2 aliphatic heterocycles. The zero-order valence-electron chi connectivity index (χ0n) is 13.1. The number of carbonyl (C=O) groups is 1. The second kappa shape index (κ2) is 6.16. The van der Waals surface area contributed by atoms with Crippen LogP contribution in [0.5, 0.6) is 0 Å². The van der Waals surface area contributed by atoms with Crippen LogP contribution in [0, 0.1) is 0 Å². The van der Waals surface area contributed by atoms with Gasteiger partial charge in [0.2, 0.25) is 5.91 Å². The molecule has 22 heavy (non-hydrogen) atoms. The molecular weight excluding hydrogens is 294 g/mol. The van der Waals surface area contributed by atoms with E-state index in [-0.39, 0.29) is 11.2 Å². The van der Waals surface area contributed by atoms with E-state index in [9.17, 15) is 4.79 Å². The number of para-hydroxylation sites is 1. The molecule has 1 aromatic rings. The highest BCUT2D eigenvalue weighted by Crippen LogP contribution is 2.35. The maximum absolute atomic E-state index is 12.5. The van der Waals surface area contributed by atoms with Gasteiger partial charge in [-0.1, -0.05) is 36.5 Å². The van der Waals surface area contributed by atoms with E-state index in [1.807, 2.05) is 48.0 Å². The lowest BCUT2D eigenvalue weighted by Gasteiger charge is -2.30. The van der Waals surface area contributed by atoms with E-state index >= 15 is 0 Å². The van der Waals surface area contributed by atoms with Crippen LogP contribution >= 0.6 is 11.8 Å². The topological polar surface area (TPSA) is 35.9 Å². The molecule has 2 heterocycles. The first-order chi connectivity index (χ1) is 10.6. The van der Waals surface area contributed by atoms with Gasteiger partial charge in [0.1, 0.15) is 0 Å². The van der Waals surface area contributed by atoms with Gasteiger partial charge < -0.3 is 9.80 Å². The summed E-state index contributed by atoms with van der Waals surface area (Å²) in [4.78, 5) is 21.1. The van der Waals surface area contributed by atoms with Crippen LogP contribution in [0.1, 0.15) is 25.3 Å². The molecule has 0 aromatic heterocycles. The van der Waals surface area contributed by atoms with Crippen molar-refractivity contribution in [3.63, 3.8) is 0 Å². The number of rotatable bonds is 2. The summed E-state index contributed by atoms with van der Waals surface area (Å²) in [6, 6.07) is 7.98. The number of benzene rings is 1. The number of thioether (sulfide) groups is 1. The molecule has 5 heteroatoms. The van der Waals surface area contributed by atoms with Crippen molar-refractivity contribution in [1.82, 2.24) is 9.80 Å². The normalized spacial score (nSPS) is 19.0. The number of fused-ring (bicyclic) bond motifs is 1. The van der Waals surface area contributed by atoms with E-state index in [1.165, 1.54) is 11.8 Å². The third-order valence-corrected chi connectivity index (χ3v) is 5.30. The lowest BCUT2D eigenvalue weighted by atomic mass is 10.1. The molecule has 0 spiro atoms. The smallest absolute Gasteiger partial charge is 0.235 e. The monoisotopic (exact) mass is 315 g/mol. The van der Waals surface area contributed by atoms with Crippen molar-refractivity contribution in [2.45, 2.75) is 25.0 Å². The number of amidine groups is 1. The Balaban J connectivity index is 1.78. The largest absolute Gasteiger partial charge is 0.342 e. The van der Waals surface area contributed by atoms with Crippen LogP contribution in [0.3, 0.4) is 0 Å². The number of hydrogen-bond donors (Lipinski definition) is 0. The van der Waals surface area contributed by atoms with E-state index in [4.69, 9.17) is 4.99 Å². The predicted octanol–water partition coefficient (Wildman–Crippen LogP) is 3.33. The molecule has 0 aliphatic carbocycles. The Bertz CT molecular complexity index is 635. The van der Waals surface area contributed by atoms with E-state index < -0.39 is 0 Å². The van der Waals surface area contributed by atoms with Crippen molar-refractivity contribution < 1.29 is 4.79 Å². The zero-order valence-corrected chi connectivity index (χ0v) is 13.9. The van der Waals surface area contributed by atoms with Gasteiger partial charge in [-0.05, 0) is 25.8 Å². The number of carbonyl (C=O) groups excluding carboxylic acids is 1. The van der Waals surface area contributed by atoms with E-state index in [2.05, 4.69) is 6.58 Å². The maximum atomic E-state index is 12.5. The molecule has 4 nitrogen and oxygen atoms in total. The minimum absolute atomic E-state index is 0.127. The molecule has 1 unspecified atom stereocenters. The van der Waals surface area contributed by atoms with Gasteiger partial charge in [-0.15, -0.1) is 0 Å². The van der Waals surface area contributed by atoms with Gasteiger partial charge >= 0.3 is 0 Å². The molecule has 116 valence electrons. The van der Waals surface area contributed by atoms with Crippen molar-refractivity contribution in [3.8, 4) is 0 Å². The fraction of sp³-hybridized carbons (Fsp3) is 0.412. The Kier molecular flexibility index (Phi) is 4.25. The summed E-state index contributed by atoms with van der Waals surface area (Å²) in [5.41, 5.74) is 2.90. The SMILES string of the molecule is C=C1c2ccccc2N=C(SC(C)C(=O)N2CCCC2)N1C. The molecule has 0 N–H and O–H groups in total.